The first-order chi connectivity index (χ1) is 12.8. The maximum absolute atomic E-state index is 12.9. The van der Waals surface area contributed by atoms with Crippen molar-refractivity contribution in [1.29, 1.82) is 0 Å². The van der Waals surface area contributed by atoms with Gasteiger partial charge in [-0.25, -0.2) is 0 Å². The topological polar surface area (TPSA) is 80.6 Å². The Labute approximate surface area is 157 Å². The molecule has 2 N–H and O–H groups in total. The summed E-state index contributed by atoms with van der Waals surface area (Å²) in [6.45, 7) is 5.41. The summed E-state index contributed by atoms with van der Waals surface area (Å²) in [4.78, 5) is 25.4. The average Bonchev–Trinajstić information content (AvgIpc) is 3.00. The van der Waals surface area contributed by atoms with E-state index in [1.807, 2.05) is 18.2 Å². The highest BCUT2D eigenvalue weighted by Gasteiger charge is 2.27. The van der Waals surface area contributed by atoms with E-state index in [9.17, 15) is 9.59 Å². The van der Waals surface area contributed by atoms with Crippen LogP contribution in [0.4, 0.5) is 11.4 Å². The van der Waals surface area contributed by atoms with Crippen LogP contribution >= 0.6 is 0 Å². The lowest BCUT2D eigenvalue weighted by Gasteiger charge is -2.17. The number of carbonyl (C=O) groups is 2. The molecule has 0 unspecified atom stereocenters. The van der Waals surface area contributed by atoms with Crippen LogP contribution in [0.1, 0.15) is 31.3 Å². The number of benzene rings is 2. The number of para-hydroxylation sites is 3. The molecule has 0 atom stereocenters. The molecular formula is C21H22N2O4. The van der Waals surface area contributed by atoms with E-state index in [1.165, 1.54) is 7.11 Å². The van der Waals surface area contributed by atoms with Gasteiger partial charge in [0.25, 0.3) is 5.91 Å². The molecule has 6 nitrogen and oxygen atoms in total. The largest absolute Gasteiger partial charge is 0.495 e. The molecule has 3 rings (SSSR count). The number of fused-ring (bicyclic) bond motifs is 1. The summed E-state index contributed by atoms with van der Waals surface area (Å²) in [6, 6.07) is 14.3. The summed E-state index contributed by atoms with van der Waals surface area (Å²) in [5, 5.41) is 6.29. The summed E-state index contributed by atoms with van der Waals surface area (Å²) in [5.41, 5.74) is 0.776. The molecular weight excluding hydrogens is 344 g/mol. The van der Waals surface area contributed by atoms with Gasteiger partial charge in [0.1, 0.15) is 17.0 Å². The standard InChI is InChI=1S/C21H22N2O4/c1-21(2,3)20(25)23-17-13-9-5-7-11-15(13)27-18(17)19(24)22-14-10-6-8-12-16(14)26-4/h5-12H,1-4H3,(H,22,24)(H,23,25). The molecule has 1 aromatic heterocycles. The van der Waals surface area contributed by atoms with Crippen LogP contribution in [0.3, 0.4) is 0 Å². The Morgan fingerprint density at radius 1 is 0.963 bits per heavy atom. The molecule has 0 aliphatic heterocycles. The normalized spacial score (nSPS) is 11.3. The third kappa shape index (κ3) is 3.79. The molecule has 0 spiro atoms. The number of hydrogen-bond acceptors (Lipinski definition) is 4. The van der Waals surface area contributed by atoms with E-state index in [0.29, 0.717) is 28.1 Å². The van der Waals surface area contributed by atoms with Crippen LogP contribution in [0.15, 0.2) is 52.9 Å². The number of methoxy groups -OCH3 is 1. The Balaban J connectivity index is 2.01. The molecule has 3 aromatic rings. The highest BCUT2D eigenvalue weighted by molar-refractivity contribution is 6.15. The third-order valence-corrected chi connectivity index (χ3v) is 4.08. The Morgan fingerprint density at radius 3 is 2.33 bits per heavy atom. The molecule has 0 fully saturated rings. The van der Waals surface area contributed by atoms with E-state index < -0.39 is 11.3 Å². The number of furan rings is 1. The minimum absolute atomic E-state index is 0.0414. The van der Waals surface area contributed by atoms with Crippen molar-refractivity contribution < 1.29 is 18.7 Å². The van der Waals surface area contributed by atoms with Crippen molar-refractivity contribution in [3.63, 3.8) is 0 Å². The first-order valence-corrected chi connectivity index (χ1v) is 8.58. The zero-order chi connectivity index (χ0) is 19.6. The van der Waals surface area contributed by atoms with Crippen molar-refractivity contribution in [2.24, 2.45) is 5.41 Å². The van der Waals surface area contributed by atoms with Crippen molar-refractivity contribution in [3.8, 4) is 5.75 Å². The van der Waals surface area contributed by atoms with Gasteiger partial charge in [-0.05, 0) is 24.3 Å². The third-order valence-electron chi connectivity index (χ3n) is 4.08. The van der Waals surface area contributed by atoms with Gasteiger partial charge < -0.3 is 19.8 Å². The zero-order valence-corrected chi connectivity index (χ0v) is 15.8. The number of ether oxygens (including phenoxy) is 1. The maximum atomic E-state index is 12.9. The monoisotopic (exact) mass is 366 g/mol. The lowest BCUT2D eigenvalue weighted by Crippen LogP contribution is -2.28. The first-order valence-electron chi connectivity index (χ1n) is 8.58. The van der Waals surface area contributed by atoms with Gasteiger partial charge in [-0.1, -0.05) is 45.0 Å². The van der Waals surface area contributed by atoms with E-state index in [4.69, 9.17) is 9.15 Å². The number of nitrogens with one attached hydrogen (secondary N) is 2. The second-order valence-electron chi connectivity index (χ2n) is 7.16. The molecule has 6 heteroatoms. The van der Waals surface area contributed by atoms with Crippen LogP contribution in [0.5, 0.6) is 5.75 Å². The number of hydrogen-bond donors (Lipinski definition) is 2. The Hall–Kier alpha value is -3.28. The molecule has 2 aromatic carbocycles. The number of carbonyl (C=O) groups excluding carboxylic acids is 2. The quantitative estimate of drug-likeness (QED) is 0.703. The van der Waals surface area contributed by atoms with Gasteiger partial charge in [0.05, 0.1) is 12.8 Å². The van der Waals surface area contributed by atoms with Crippen LogP contribution in [0.25, 0.3) is 11.0 Å². The second kappa shape index (κ2) is 7.15. The maximum Gasteiger partial charge on any atom is 0.293 e. The fourth-order valence-corrected chi connectivity index (χ4v) is 2.56. The molecule has 0 aliphatic rings. The molecule has 0 saturated carbocycles. The molecule has 140 valence electrons. The molecule has 0 saturated heterocycles. The first kappa shape index (κ1) is 18.5. The fraction of sp³-hybridized carbons (Fsp3) is 0.238. The van der Waals surface area contributed by atoms with Crippen LogP contribution in [-0.2, 0) is 4.79 Å². The SMILES string of the molecule is COc1ccccc1NC(=O)c1oc2ccccc2c1NC(=O)C(C)(C)C. The summed E-state index contributed by atoms with van der Waals surface area (Å²) in [5.74, 6) is -0.109. The van der Waals surface area contributed by atoms with Crippen LogP contribution in [0, 0.1) is 5.41 Å². The van der Waals surface area contributed by atoms with E-state index in [2.05, 4.69) is 10.6 Å². The fourth-order valence-electron chi connectivity index (χ4n) is 2.56. The second-order valence-corrected chi connectivity index (χ2v) is 7.16. The van der Waals surface area contributed by atoms with Crippen LogP contribution < -0.4 is 15.4 Å². The summed E-state index contributed by atoms with van der Waals surface area (Å²) < 4.78 is 11.0. The predicted molar refractivity (Wildman–Crippen MR) is 105 cm³/mol. The van der Waals surface area contributed by atoms with Gasteiger partial charge in [0.15, 0.2) is 0 Å². The Morgan fingerprint density at radius 2 is 1.63 bits per heavy atom. The highest BCUT2D eigenvalue weighted by atomic mass is 16.5. The van der Waals surface area contributed by atoms with Gasteiger partial charge in [0.2, 0.25) is 11.7 Å². The van der Waals surface area contributed by atoms with Crippen LogP contribution in [-0.4, -0.2) is 18.9 Å². The summed E-state index contributed by atoms with van der Waals surface area (Å²) >= 11 is 0. The molecule has 2 amide bonds. The van der Waals surface area contributed by atoms with Crippen molar-refractivity contribution in [1.82, 2.24) is 0 Å². The number of rotatable bonds is 4. The lowest BCUT2D eigenvalue weighted by atomic mass is 9.95. The van der Waals surface area contributed by atoms with Crippen molar-refractivity contribution in [3.05, 3.63) is 54.3 Å². The molecule has 0 bridgehead atoms. The number of anilines is 2. The highest BCUT2D eigenvalue weighted by Crippen LogP contribution is 2.33. The minimum Gasteiger partial charge on any atom is -0.495 e. The van der Waals surface area contributed by atoms with Gasteiger partial charge >= 0.3 is 0 Å². The molecule has 27 heavy (non-hydrogen) atoms. The van der Waals surface area contributed by atoms with Crippen molar-refractivity contribution in [2.75, 3.05) is 17.7 Å². The van der Waals surface area contributed by atoms with Crippen LogP contribution in [0.2, 0.25) is 0 Å². The predicted octanol–water partition coefficient (Wildman–Crippen LogP) is 4.68. The summed E-state index contributed by atoms with van der Waals surface area (Å²) in [6.07, 6.45) is 0. The molecule has 1 heterocycles. The van der Waals surface area contributed by atoms with Gasteiger partial charge in [-0.15, -0.1) is 0 Å². The summed E-state index contributed by atoms with van der Waals surface area (Å²) in [7, 11) is 1.53. The Kier molecular flexibility index (Phi) is 4.90. The van der Waals surface area contributed by atoms with E-state index >= 15 is 0 Å². The number of amides is 2. The lowest BCUT2D eigenvalue weighted by molar-refractivity contribution is -0.123. The van der Waals surface area contributed by atoms with Crippen molar-refractivity contribution in [2.45, 2.75) is 20.8 Å². The zero-order valence-electron chi connectivity index (χ0n) is 15.8. The van der Waals surface area contributed by atoms with E-state index in [0.717, 1.165) is 0 Å². The molecule has 0 aliphatic carbocycles. The van der Waals surface area contributed by atoms with Gasteiger partial charge in [-0.3, -0.25) is 9.59 Å². The van der Waals surface area contributed by atoms with E-state index in [-0.39, 0.29) is 11.7 Å². The van der Waals surface area contributed by atoms with Gasteiger partial charge in [-0.2, -0.15) is 0 Å². The average molecular weight is 366 g/mol. The smallest absolute Gasteiger partial charge is 0.293 e. The molecule has 0 radical (unpaired) electrons. The Bertz CT molecular complexity index is 999. The van der Waals surface area contributed by atoms with E-state index in [1.54, 1.807) is 51.1 Å². The van der Waals surface area contributed by atoms with Gasteiger partial charge in [0, 0.05) is 10.8 Å². The van der Waals surface area contributed by atoms with Crippen molar-refractivity contribution >= 4 is 34.2 Å². The minimum atomic E-state index is -0.616.